The normalized spacial score (nSPS) is 13.7. The molecule has 1 unspecified atom stereocenters. The highest BCUT2D eigenvalue weighted by molar-refractivity contribution is 8.00. The van der Waals surface area contributed by atoms with E-state index in [0.717, 1.165) is 13.0 Å². The summed E-state index contributed by atoms with van der Waals surface area (Å²) in [5, 5.41) is 4.23. The van der Waals surface area contributed by atoms with Crippen LogP contribution in [0.2, 0.25) is 0 Å². The summed E-state index contributed by atoms with van der Waals surface area (Å²) in [6, 6.07) is 8.61. The van der Waals surface area contributed by atoms with E-state index in [-0.39, 0.29) is 5.54 Å². The van der Waals surface area contributed by atoms with E-state index in [9.17, 15) is 0 Å². The Labute approximate surface area is 110 Å². The van der Waals surface area contributed by atoms with Crippen LogP contribution in [-0.4, -0.2) is 17.3 Å². The van der Waals surface area contributed by atoms with Crippen LogP contribution >= 0.6 is 11.8 Å². The summed E-state index contributed by atoms with van der Waals surface area (Å²) in [6.45, 7) is 12.3. The van der Waals surface area contributed by atoms with E-state index in [0.29, 0.717) is 5.25 Å². The first-order chi connectivity index (χ1) is 7.94. The first kappa shape index (κ1) is 14.6. The van der Waals surface area contributed by atoms with Crippen LogP contribution in [0.4, 0.5) is 0 Å². The fourth-order valence-corrected chi connectivity index (χ4v) is 2.50. The molecule has 0 saturated heterocycles. The molecule has 0 amide bonds. The van der Waals surface area contributed by atoms with Gasteiger partial charge in [0, 0.05) is 22.2 Å². The molecule has 0 aromatic heterocycles. The molecule has 1 N–H and O–H groups in total. The molecular formula is C15H25NS. The van der Waals surface area contributed by atoms with Gasteiger partial charge in [-0.1, -0.05) is 32.0 Å². The molecule has 1 nitrogen and oxygen atoms in total. The Hall–Kier alpha value is -0.470. The zero-order chi connectivity index (χ0) is 12.9. The summed E-state index contributed by atoms with van der Waals surface area (Å²) in [5.41, 5.74) is 1.62. The van der Waals surface area contributed by atoms with Crippen LogP contribution in [0.5, 0.6) is 0 Å². The Kier molecular flexibility index (Phi) is 5.54. The number of aryl methyl sites for hydroxylation is 1. The summed E-state index contributed by atoms with van der Waals surface area (Å²) >= 11 is 1.96. The molecule has 0 aliphatic carbocycles. The van der Waals surface area contributed by atoms with E-state index < -0.39 is 0 Å². The topological polar surface area (TPSA) is 12.0 Å². The predicted octanol–water partition coefficient (Wildman–Crippen LogP) is 4.25. The zero-order valence-corrected chi connectivity index (χ0v) is 12.5. The largest absolute Gasteiger partial charge is 0.311 e. The lowest BCUT2D eigenvalue weighted by Crippen LogP contribution is -2.41. The van der Waals surface area contributed by atoms with Gasteiger partial charge in [-0.2, -0.15) is 0 Å². The standard InChI is InChI=1S/C15H25NS/c1-6-15(4,5)16-11-13(3)17-14-10-8-7-9-12(14)2/h7-10,13,16H,6,11H2,1-5H3. The van der Waals surface area contributed by atoms with Gasteiger partial charge in [-0.25, -0.2) is 0 Å². The fourth-order valence-electron chi connectivity index (χ4n) is 1.49. The fraction of sp³-hybridized carbons (Fsp3) is 0.600. The van der Waals surface area contributed by atoms with Crippen molar-refractivity contribution >= 4 is 11.8 Å². The molecule has 0 saturated carbocycles. The minimum Gasteiger partial charge on any atom is -0.311 e. The molecule has 1 rings (SSSR count). The quantitative estimate of drug-likeness (QED) is 0.758. The molecule has 2 heteroatoms. The van der Waals surface area contributed by atoms with E-state index in [2.05, 4.69) is 64.2 Å². The van der Waals surface area contributed by atoms with E-state index in [1.54, 1.807) is 0 Å². The minimum atomic E-state index is 0.251. The van der Waals surface area contributed by atoms with Crippen molar-refractivity contribution in [1.82, 2.24) is 5.32 Å². The molecule has 0 fully saturated rings. The lowest BCUT2D eigenvalue weighted by molar-refractivity contribution is 0.379. The summed E-state index contributed by atoms with van der Waals surface area (Å²) in [4.78, 5) is 1.40. The smallest absolute Gasteiger partial charge is 0.0191 e. The monoisotopic (exact) mass is 251 g/mol. The van der Waals surface area contributed by atoms with Crippen molar-refractivity contribution in [2.24, 2.45) is 0 Å². The van der Waals surface area contributed by atoms with Crippen molar-refractivity contribution in [2.75, 3.05) is 6.54 Å². The Bertz CT molecular complexity index is 347. The minimum absolute atomic E-state index is 0.251. The van der Waals surface area contributed by atoms with Gasteiger partial charge in [0.2, 0.25) is 0 Å². The lowest BCUT2D eigenvalue weighted by Gasteiger charge is -2.26. The van der Waals surface area contributed by atoms with Gasteiger partial charge in [0.1, 0.15) is 0 Å². The predicted molar refractivity (Wildman–Crippen MR) is 78.9 cm³/mol. The maximum Gasteiger partial charge on any atom is 0.0191 e. The summed E-state index contributed by atoms with van der Waals surface area (Å²) < 4.78 is 0. The van der Waals surface area contributed by atoms with Crippen molar-refractivity contribution in [3.8, 4) is 0 Å². The molecule has 0 aliphatic rings. The van der Waals surface area contributed by atoms with Gasteiger partial charge in [0.15, 0.2) is 0 Å². The second-order valence-corrected chi connectivity index (χ2v) is 6.79. The van der Waals surface area contributed by atoms with Gasteiger partial charge in [-0.05, 0) is 38.8 Å². The van der Waals surface area contributed by atoms with E-state index in [4.69, 9.17) is 0 Å². The molecule has 17 heavy (non-hydrogen) atoms. The lowest BCUT2D eigenvalue weighted by atomic mass is 10.0. The van der Waals surface area contributed by atoms with Crippen molar-refractivity contribution in [3.05, 3.63) is 29.8 Å². The summed E-state index contributed by atoms with van der Waals surface area (Å²) in [7, 11) is 0. The molecule has 0 radical (unpaired) electrons. The maximum absolute atomic E-state index is 3.63. The van der Waals surface area contributed by atoms with Crippen LogP contribution in [0.3, 0.4) is 0 Å². The molecule has 1 aromatic rings. The highest BCUT2D eigenvalue weighted by Gasteiger charge is 2.15. The van der Waals surface area contributed by atoms with Crippen molar-refractivity contribution < 1.29 is 0 Å². The van der Waals surface area contributed by atoms with Crippen molar-refractivity contribution in [3.63, 3.8) is 0 Å². The van der Waals surface area contributed by atoms with Crippen LogP contribution in [0.15, 0.2) is 29.2 Å². The van der Waals surface area contributed by atoms with Gasteiger partial charge in [0.25, 0.3) is 0 Å². The number of nitrogens with one attached hydrogen (secondary N) is 1. The Morgan fingerprint density at radius 1 is 1.29 bits per heavy atom. The summed E-state index contributed by atoms with van der Waals surface area (Å²) in [6.07, 6.45) is 1.16. The second-order valence-electron chi connectivity index (χ2n) is 5.31. The van der Waals surface area contributed by atoms with Crippen molar-refractivity contribution in [2.45, 2.75) is 56.7 Å². The Morgan fingerprint density at radius 3 is 2.53 bits per heavy atom. The number of benzene rings is 1. The second kappa shape index (κ2) is 6.46. The average Bonchev–Trinajstić information content (AvgIpc) is 2.30. The number of thioether (sulfide) groups is 1. The molecule has 0 heterocycles. The third-order valence-corrected chi connectivity index (χ3v) is 4.45. The van der Waals surface area contributed by atoms with Crippen LogP contribution in [-0.2, 0) is 0 Å². The molecular weight excluding hydrogens is 226 g/mol. The number of hydrogen-bond donors (Lipinski definition) is 1. The average molecular weight is 251 g/mol. The van der Waals surface area contributed by atoms with Crippen LogP contribution in [0.1, 0.15) is 39.7 Å². The number of hydrogen-bond acceptors (Lipinski definition) is 2. The van der Waals surface area contributed by atoms with Crippen LogP contribution in [0, 0.1) is 6.92 Å². The third-order valence-electron chi connectivity index (χ3n) is 3.17. The molecule has 0 aliphatic heterocycles. The summed E-state index contributed by atoms with van der Waals surface area (Å²) in [5.74, 6) is 0. The van der Waals surface area contributed by atoms with Gasteiger partial charge >= 0.3 is 0 Å². The van der Waals surface area contributed by atoms with E-state index in [1.165, 1.54) is 10.5 Å². The van der Waals surface area contributed by atoms with E-state index in [1.807, 2.05) is 11.8 Å². The zero-order valence-electron chi connectivity index (χ0n) is 11.7. The molecule has 96 valence electrons. The van der Waals surface area contributed by atoms with Gasteiger partial charge in [-0.3, -0.25) is 0 Å². The van der Waals surface area contributed by atoms with Gasteiger partial charge in [0.05, 0.1) is 0 Å². The van der Waals surface area contributed by atoms with Crippen molar-refractivity contribution in [1.29, 1.82) is 0 Å². The molecule has 1 aromatic carbocycles. The maximum atomic E-state index is 3.63. The Morgan fingerprint density at radius 2 is 1.94 bits per heavy atom. The first-order valence-corrected chi connectivity index (χ1v) is 7.30. The third kappa shape index (κ3) is 5.13. The van der Waals surface area contributed by atoms with Gasteiger partial charge in [-0.15, -0.1) is 11.8 Å². The molecule has 0 bridgehead atoms. The number of rotatable bonds is 6. The molecule has 1 atom stereocenters. The highest BCUT2D eigenvalue weighted by Crippen LogP contribution is 2.26. The highest BCUT2D eigenvalue weighted by atomic mass is 32.2. The first-order valence-electron chi connectivity index (χ1n) is 6.42. The molecule has 0 spiro atoms. The SMILES string of the molecule is CCC(C)(C)NCC(C)Sc1ccccc1C. The Balaban J connectivity index is 2.45. The van der Waals surface area contributed by atoms with Gasteiger partial charge < -0.3 is 5.32 Å². The van der Waals surface area contributed by atoms with Crippen LogP contribution < -0.4 is 5.32 Å². The van der Waals surface area contributed by atoms with Crippen LogP contribution in [0.25, 0.3) is 0 Å². The van der Waals surface area contributed by atoms with E-state index >= 15 is 0 Å².